The molecule has 4 nitrogen and oxygen atoms in total. The van der Waals surface area contributed by atoms with Crippen LogP contribution in [0, 0.1) is 5.41 Å². The fourth-order valence-corrected chi connectivity index (χ4v) is 0.990. The van der Waals surface area contributed by atoms with Crippen LogP contribution in [-0.4, -0.2) is 29.8 Å². The Kier molecular flexibility index (Phi) is 3.91. The molecule has 2 amide bonds. The van der Waals surface area contributed by atoms with Gasteiger partial charge in [0.2, 0.25) is 11.8 Å². The van der Waals surface area contributed by atoms with E-state index in [1.165, 1.54) is 4.90 Å². The number of nitrogens with zero attached hydrogens (tertiary/aromatic N) is 1. The zero-order chi connectivity index (χ0) is 10.6. The van der Waals surface area contributed by atoms with Gasteiger partial charge in [-0.05, 0) is 6.92 Å². The van der Waals surface area contributed by atoms with Crippen LogP contribution in [0.25, 0.3) is 0 Å². The summed E-state index contributed by atoms with van der Waals surface area (Å²) in [5.74, 6) is -0.520. The van der Waals surface area contributed by atoms with Crippen molar-refractivity contribution in [2.75, 3.05) is 13.1 Å². The first-order valence-electron chi connectivity index (χ1n) is 4.36. The van der Waals surface area contributed by atoms with Crippen LogP contribution in [0.1, 0.15) is 27.7 Å². The summed E-state index contributed by atoms with van der Waals surface area (Å²) >= 11 is 0. The van der Waals surface area contributed by atoms with Gasteiger partial charge in [0.15, 0.2) is 0 Å². The Morgan fingerprint density at radius 3 is 2.00 bits per heavy atom. The highest BCUT2D eigenvalue weighted by atomic mass is 16.2. The number of amides is 2. The first-order valence-corrected chi connectivity index (χ1v) is 4.36. The van der Waals surface area contributed by atoms with E-state index in [0.29, 0.717) is 6.54 Å². The highest BCUT2D eigenvalue weighted by Gasteiger charge is 2.26. The van der Waals surface area contributed by atoms with Crippen molar-refractivity contribution < 1.29 is 9.59 Å². The van der Waals surface area contributed by atoms with E-state index in [9.17, 15) is 9.59 Å². The van der Waals surface area contributed by atoms with Crippen molar-refractivity contribution in [1.82, 2.24) is 4.90 Å². The van der Waals surface area contributed by atoms with Gasteiger partial charge in [0, 0.05) is 12.0 Å². The predicted octanol–water partition coefficient (Wildman–Crippen LogP) is 0.366. The molecular formula is C9H18N2O2. The van der Waals surface area contributed by atoms with E-state index >= 15 is 0 Å². The molecule has 0 fully saturated rings. The van der Waals surface area contributed by atoms with Gasteiger partial charge in [0.25, 0.3) is 0 Å². The van der Waals surface area contributed by atoms with Gasteiger partial charge in [-0.25, -0.2) is 0 Å². The van der Waals surface area contributed by atoms with Gasteiger partial charge in [-0.15, -0.1) is 0 Å². The molecule has 0 aromatic carbocycles. The van der Waals surface area contributed by atoms with Crippen molar-refractivity contribution in [2.24, 2.45) is 11.1 Å². The summed E-state index contributed by atoms with van der Waals surface area (Å²) in [6.07, 6.45) is 0. The second-order valence-electron chi connectivity index (χ2n) is 4.04. The molecule has 0 radical (unpaired) electrons. The Hall–Kier alpha value is -1.06. The predicted molar refractivity (Wildman–Crippen MR) is 50.9 cm³/mol. The molecule has 0 saturated heterocycles. The van der Waals surface area contributed by atoms with E-state index in [1.807, 2.05) is 27.7 Å². The fourth-order valence-electron chi connectivity index (χ4n) is 0.990. The molecule has 0 heterocycles. The number of carbonyl (C=O) groups is 2. The molecule has 4 heteroatoms. The molecule has 0 saturated carbocycles. The Morgan fingerprint density at radius 2 is 1.77 bits per heavy atom. The fraction of sp³-hybridized carbons (Fsp3) is 0.778. The average molecular weight is 186 g/mol. The summed E-state index contributed by atoms with van der Waals surface area (Å²) in [5, 5.41) is 0. The number of hydrogen-bond acceptors (Lipinski definition) is 2. The third-order valence-corrected chi connectivity index (χ3v) is 1.66. The van der Waals surface area contributed by atoms with Crippen LogP contribution in [0.4, 0.5) is 0 Å². The van der Waals surface area contributed by atoms with Crippen LogP contribution >= 0.6 is 0 Å². The molecule has 0 aromatic heterocycles. The molecule has 0 aliphatic carbocycles. The molecule has 0 aromatic rings. The highest BCUT2D eigenvalue weighted by molar-refractivity contribution is 5.86. The van der Waals surface area contributed by atoms with Crippen molar-refractivity contribution in [2.45, 2.75) is 27.7 Å². The quantitative estimate of drug-likeness (QED) is 0.692. The molecule has 0 aliphatic heterocycles. The normalized spacial score (nSPS) is 11.1. The smallest absolute Gasteiger partial charge is 0.237 e. The maximum atomic E-state index is 11.6. The van der Waals surface area contributed by atoms with E-state index in [-0.39, 0.29) is 12.5 Å². The van der Waals surface area contributed by atoms with Crippen molar-refractivity contribution >= 4 is 11.8 Å². The first-order chi connectivity index (χ1) is 5.79. The summed E-state index contributed by atoms with van der Waals surface area (Å²) in [4.78, 5) is 23.7. The van der Waals surface area contributed by atoms with E-state index in [2.05, 4.69) is 0 Å². The van der Waals surface area contributed by atoms with Gasteiger partial charge < -0.3 is 10.6 Å². The molecule has 0 bridgehead atoms. The number of nitrogens with two attached hydrogens (primary N) is 1. The molecular weight excluding hydrogens is 168 g/mol. The van der Waals surface area contributed by atoms with Gasteiger partial charge in [0.1, 0.15) is 0 Å². The maximum Gasteiger partial charge on any atom is 0.237 e. The number of likely N-dealkylation sites (N-methyl/N-ethyl adjacent to an activating group) is 1. The maximum absolute atomic E-state index is 11.6. The number of primary amides is 1. The summed E-state index contributed by atoms with van der Waals surface area (Å²) < 4.78 is 0. The van der Waals surface area contributed by atoms with Gasteiger partial charge in [-0.3, -0.25) is 9.59 Å². The van der Waals surface area contributed by atoms with Gasteiger partial charge in [0.05, 0.1) is 6.54 Å². The Balaban J connectivity index is 4.41. The van der Waals surface area contributed by atoms with E-state index in [1.54, 1.807) is 0 Å². The summed E-state index contributed by atoms with van der Waals surface area (Å²) in [5.41, 5.74) is 4.56. The van der Waals surface area contributed by atoms with Crippen LogP contribution in [0.3, 0.4) is 0 Å². The number of carbonyl (C=O) groups excluding carboxylic acids is 2. The van der Waals surface area contributed by atoms with Crippen LogP contribution in [0.5, 0.6) is 0 Å². The third-order valence-electron chi connectivity index (χ3n) is 1.66. The lowest BCUT2D eigenvalue weighted by atomic mass is 9.95. The highest BCUT2D eigenvalue weighted by Crippen LogP contribution is 2.16. The standard InChI is InChI=1S/C9H18N2O2/c1-5-11(6-7(10)12)8(13)9(2,3)4/h5-6H2,1-4H3,(H2,10,12). The van der Waals surface area contributed by atoms with Gasteiger partial charge in [-0.2, -0.15) is 0 Å². The monoisotopic (exact) mass is 186 g/mol. The topological polar surface area (TPSA) is 63.4 Å². The van der Waals surface area contributed by atoms with Crippen LogP contribution < -0.4 is 5.73 Å². The third kappa shape index (κ3) is 3.92. The van der Waals surface area contributed by atoms with Crippen molar-refractivity contribution in [3.63, 3.8) is 0 Å². The molecule has 0 aliphatic rings. The molecule has 0 spiro atoms. The zero-order valence-corrected chi connectivity index (χ0v) is 8.76. The number of hydrogen-bond donors (Lipinski definition) is 1. The summed E-state index contributed by atoms with van der Waals surface area (Å²) in [6, 6.07) is 0. The SMILES string of the molecule is CCN(CC(N)=O)C(=O)C(C)(C)C. The average Bonchev–Trinajstić information content (AvgIpc) is 1.96. The lowest BCUT2D eigenvalue weighted by molar-refractivity contribution is -0.141. The minimum absolute atomic E-state index is 0.00655. The van der Waals surface area contributed by atoms with Gasteiger partial charge >= 0.3 is 0 Å². The Labute approximate surface area is 79.1 Å². The minimum atomic E-state index is -0.473. The second kappa shape index (κ2) is 4.25. The van der Waals surface area contributed by atoms with Crippen LogP contribution in [0.15, 0.2) is 0 Å². The summed E-state index contributed by atoms with van der Waals surface area (Å²) in [7, 11) is 0. The van der Waals surface area contributed by atoms with E-state index in [4.69, 9.17) is 5.73 Å². The molecule has 76 valence electrons. The molecule has 0 unspecified atom stereocenters. The number of rotatable bonds is 3. The molecule has 0 atom stereocenters. The Bertz CT molecular complexity index is 206. The largest absolute Gasteiger partial charge is 0.368 e. The van der Waals surface area contributed by atoms with Crippen LogP contribution in [0.2, 0.25) is 0 Å². The van der Waals surface area contributed by atoms with Crippen LogP contribution in [-0.2, 0) is 9.59 Å². The van der Waals surface area contributed by atoms with E-state index < -0.39 is 11.3 Å². The minimum Gasteiger partial charge on any atom is -0.368 e. The lowest BCUT2D eigenvalue weighted by Gasteiger charge is -2.27. The first kappa shape index (κ1) is 11.9. The zero-order valence-electron chi connectivity index (χ0n) is 8.76. The molecule has 13 heavy (non-hydrogen) atoms. The molecule has 0 rings (SSSR count). The molecule has 2 N–H and O–H groups in total. The second-order valence-corrected chi connectivity index (χ2v) is 4.04. The Morgan fingerprint density at radius 1 is 1.31 bits per heavy atom. The van der Waals surface area contributed by atoms with Crippen molar-refractivity contribution in [3.05, 3.63) is 0 Å². The lowest BCUT2D eigenvalue weighted by Crippen LogP contribution is -2.43. The van der Waals surface area contributed by atoms with Gasteiger partial charge in [-0.1, -0.05) is 20.8 Å². The summed E-state index contributed by atoms with van der Waals surface area (Å²) in [6.45, 7) is 7.80. The van der Waals surface area contributed by atoms with Crippen molar-refractivity contribution in [3.8, 4) is 0 Å². The van der Waals surface area contributed by atoms with E-state index in [0.717, 1.165) is 0 Å². The van der Waals surface area contributed by atoms with Crippen molar-refractivity contribution in [1.29, 1.82) is 0 Å².